The minimum absolute atomic E-state index is 0.0878. The van der Waals surface area contributed by atoms with Crippen LogP contribution in [0.1, 0.15) is 23.2 Å². The molecular weight excluding hydrogens is 279 g/mol. The molecule has 114 valence electrons. The molecule has 4 heteroatoms. The standard InChI is InChI=1S/C18H19FN2O/c19-15-7-4-8-17(13-15)20-16-9-11-21(12-10-16)18(22)14-5-2-1-3-6-14/h1-8,13,16,20H,9-12H2. The number of carbonyl (C=O) groups is 1. The number of halogens is 1. The van der Waals surface area contributed by atoms with Gasteiger partial charge in [0.2, 0.25) is 0 Å². The topological polar surface area (TPSA) is 32.3 Å². The van der Waals surface area contributed by atoms with Gasteiger partial charge in [-0.2, -0.15) is 0 Å². The van der Waals surface area contributed by atoms with Crippen LogP contribution >= 0.6 is 0 Å². The highest BCUT2D eigenvalue weighted by Crippen LogP contribution is 2.18. The van der Waals surface area contributed by atoms with Crippen LogP contribution in [0.3, 0.4) is 0 Å². The maximum atomic E-state index is 13.2. The summed E-state index contributed by atoms with van der Waals surface area (Å²) in [6.45, 7) is 1.45. The number of piperidine rings is 1. The van der Waals surface area contributed by atoms with E-state index >= 15 is 0 Å². The molecule has 3 rings (SSSR count). The van der Waals surface area contributed by atoms with Crippen molar-refractivity contribution >= 4 is 11.6 Å². The number of hydrogen-bond acceptors (Lipinski definition) is 2. The van der Waals surface area contributed by atoms with Crippen LogP contribution in [0.25, 0.3) is 0 Å². The molecule has 3 nitrogen and oxygen atoms in total. The van der Waals surface area contributed by atoms with Crippen molar-refractivity contribution < 1.29 is 9.18 Å². The summed E-state index contributed by atoms with van der Waals surface area (Å²) in [5.74, 6) is -0.147. The number of amides is 1. The average molecular weight is 298 g/mol. The Hall–Kier alpha value is -2.36. The fraction of sp³-hybridized carbons (Fsp3) is 0.278. The highest BCUT2D eigenvalue weighted by molar-refractivity contribution is 5.94. The Morgan fingerprint density at radius 2 is 1.77 bits per heavy atom. The van der Waals surface area contributed by atoms with Crippen molar-refractivity contribution in [2.75, 3.05) is 18.4 Å². The Morgan fingerprint density at radius 1 is 1.05 bits per heavy atom. The van der Waals surface area contributed by atoms with Crippen LogP contribution in [-0.2, 0) is 0 Å². The number of nitrogens with one attached hydrogen (secondary N) is 1. The molecule has 0 bridgehead atoms. The maximum absolute atomic E-state index is 13.2. The summed E-state index contributed by atoms with van der Waals surface area (Å²) >= 11 is 0. The van der Waals surface area contributed by atoms with E-state index in [2.05, 4.69) is 5.32 Å². The van der Waals surface area contributed by atoms with Crippen molar-refractivity contribution in [3.63, 3.8) is 0 Å². The first kappa shape index (κ1) is 14.6. The average Bonchev–Trinajstić information content (AvgIpc) is 2.56. The second-order valence-corrected chi connectivity index (χ2v) is 5.59. The zero-order valence-corrected chi connectivity index (χ0v) is 12.3. The number of hydrogen-bond donors (Lipinski definition) is 1. The predicted molar refractivity (Wildman–Crippen MR) is 85.4 cm³/mol. The Balaban J connectivity index is 1.55. The maximum Gasteiger partial charge on any atom is 0.253 e. The molecule has 0 spiro atoms. The SMILES string of the molecule is O=C(c1ccccc1)N1CCC(Nc2cccc(F)c2)CC1. The zero-order valence-electron chi connectivity index (χ0n) is 12.3. The summed E-state index contributed by atoms with van der Waals surface area (Å²) < 4.78 is 13.2. The third-order valence-electron chi connectivity index (χ3n) is 4.00. The first-order valence-electron chi connectivity index (χ1n) is 7.59. The van der Waals surface area contributed by atoms with Crippen LogP contribution in [0, 0.1) is 5.82 Å². The molecule has 0 atom stereocenters. The van der Waals surface area contributed by atoms with Crippen LogP contribution < -0.4 is 5.32 Å². The highest BCUT2D eigenvalue weighted by atomic mass is 19.1. The van der Waals surface area contributed by atoms with Crippen LogP contribution in [0.4, 0.5) is 10.1 Å². The van der Waals surface area contributed by atoms with Gasteiger partial charge in [-0.15, -0.1) is 0 Å². The molecule has 2 aromatic rings. The van der Waals surface area contributed by atoms with Crippen LogP contribution in [-0.4, -0.2) is 29.9 Å². The normalized spacial score (nSPS) is 15.6. The molecule has 1 fully saturated rings. The molecule has 1 amide bonds. The fourth-order valence-corrected chi connectivity index (χ4v) is 2.80. The van der Waals surface area contributed by atoms with E-state index in [1.54, 1.807) is 6.07 Å². The second-order valence-electron chi connectivity index (χ2n) is 5.59. The fourth-order valence-electron chi connectivity index (χ4n) is 2.80. The number of likely N-dealkylation sites (tertiary alicyclic amines) is 1. The monoisotopic (exact) mass is 298 g/mol. The van der Waals surface area contributed by atoms with Crippen LogP contribution in [0.15, 0.2) is 54.6 Å². The number of rotatable bonds is 3. The van der Waals surface area contributed by atoms with Crippen LogP contribution in [0.5, 0.6) is 0 Å². The molecule has 0 aliphatic carbocycles. The van der Waals surface area contributed by atoms with Gasteiger partial charge in [0.25, 0.3) is 5.91 Å². The minimum atomic E-state index is -0.235. The Morgan fingerprint density at radius 3 is 2.45 bits per heavy atom. The van der Waals surface area contributed by atoms with E-state index in [0.29, 0.717) is 0 Å². The number of benzene rings is 2. The smallest absolute Gasteiger partial charge is 0.253 e. The summed E-state index contributed by atoms with van der Waals surface area (Å²) in [7, 11) is 0. The van der Waals surface area contributed by atoms with Crippen molar-refractivity contribution in [3.8, 4) is 0 Å². The van der Waals surface area contributed by atoms with Gasteiger partial charge < -0.3 is 10.2 Å². The molecule has 2 aromatic carbocycles. The summed E-state index contributed by atoms with van der Waals surface area (Å²) in [5.41, 5.74) is 1.53. The first-order valence-corrected chi connectivity index (χ1v) is 7.59. The molecule has 22 heavy (non-hydrogen) atoms. The Bertz CT molecular complexity index is 637. The van der Waals surface area contributed by atoms with Gasteiger partial charge in [-0.1, -0.05) is 24.3 Å². The summed E-state index contributed by atoms with van der Waals surface area (Å²) in [6, 6.07) is 16.1. The van der Waals surface area contributed by atoms with Crippen LogP contribution in [0.2, 0.25) is 0 Å². The lowest BCUT2D eigenvalue weighted by atomic mass is 10.0. The van der Waals surface area contributed by atoms with Gasteiger partial charge in [-0.3, -0.25) is 4.79 Å². The van der Waals surface area contributed by atoms with Crippen molar-refractivity contribution in [2.45, 2.75) is 18.9 Å². The number of carbonyl (C=O) groups excluding carboxylic acids is 1. The van der Waals surface area contributed by atoms with Gasteiger partial charge in [-0.25, -0.2) is 4.39 Å². The molecule has 1 N–H and O–H groups in total. The molecule has 1 aliphatic heterocycles. The molecule has 0 aromatic heterocycles. The quantitative estimate of drug-likeness (QED) is 0.940. The molecular formula is C18H19FN2O. The van der Waals surface area contributed by atoms with Crippen molar-refractivity contribution in [1.82, 2.24) is 4.90 Å². The van der Waals surface area contributed by atoms with E-state index in [1.165, 1.54) is 12.1 Å². The van der Waals surface area contributed by atoms with Gasteiger partial charge in [0, 0.05) is 30.4 Å². The summed E-state index contributed by atoms with van der Waals surface area (Å²) in [5, 5.41) is 3.34. The lowest BCUT2D eigenvalue weighted by Gasteiger charge is -2.33. The van der Waals surface area contributed by atoms with E-state index < -0.39 is 0 Å². The van der Waals surface area contributed by atoms with E-state index in [4.69, 9.17) is 0 Å². The molecule has 1 heterocycles. The van der Waals surface area contributed by atoms with Gasteiger partial charge >= 0.3 is 0 Å². The number of anilines is 1. The lowest BCUT2D eigenvalue weighted by molar-refractivity contribution is 0.0718. The van der Waals surface area contributed by atoms with E-state index in [1.807, 2.05) is 41.3 Å². The Labute approximate surface area is 129 Å². The summed E-state index contributed by atoms with van der Waals surface area (Å²) in [4.78, 5) is 14.3. The van der Waals surface area contributed by atoms with Gasteiger partial charge in [0.05, 0.1) is 0 Å². The van der Waals surface area contributed by atoms with Crippen molar-refractivity contribution in [1.29, 1.82) is 0 Å². The molecule has 1 aliphatic rings. The van der Waals surface area contributed by atoms with Crippen molar-refractivity contribution in [3.05, 3.63) is 66.0 Å². The van der Waals surface area contributed by atoms with Gasteiger partial charge in [-0.05, 0) is 43.2 Å². The third-order valence-corrected chi connectivity index (χ3v) is 4.00. The van der Waals surface area contributed by atoms with E-state index in [-0.39, 0.29) is 17.8 Å². The summed E-state index contributed by atoms with van der Waals surface area (Å²) in [6.07, 6.45) is 1.74. The lowest BCUT2D eigenvalue weighted by Crippen LogP contribution is -2.42. The zero-order chi connectivity index (χ0) is 15.4. The third kappa shape index (κ3) is 3.45. The largest absolute Gasteiger partial charge is 0.382 e. The Kier molecular flexibility index (Phi) is 4.37. The number of nitrogens with zero attached hydrogens (tertiary/aromatic N) is 1. The molecule has 1 saturated heterocycles. The van der Waals surface area contributed by atoms with E-state index in [0.717, 1.165) is 37.2 Å². The second kappa shape index (κ2) is 6.60. The van der Waals surface area contributed by atoms with E-state index in [9.17, 15) is 9.18 Å². The highest BCUT2D eigenvalue weighted by Gasteiger charge is 2.23. The molecule has 0 saturated carbocycles. The molecule has 0 radical (unpaired) electrons. The minimum Gasteiger partial charge on any atom is -0.382 e. The van der Waals surface area contributed by atoms with Crippen molar-refractivity contribution in [2.24, 2.45) is 0 Å². The first-order chi connectivity index (χ1) is 10.7. The van der Waals surface area contributed by atoms with Gasteiger partial charge in [0.15, 0.2) is 0 Å². The van der Waals surface area contributed by atoms with Gasteiger partial charge in [0.1, 0.15) is 5.82 Å². The molecule has 0 unspecified atom stereocenters. The predicted octanol–water partition coefficient (Wildman–Crippen LogP) is 3.54.